The second kappa shape index (κ2) is 6.55. The fraction of sp³-hybridized carbons (Fsp3) is 0.933. The van der Waals surface area contributed by atoms with E-state index in [1.54, 1.807) is 0 Å². The zero-order valence-corrected chi connectivity index (χ0v) is 12.3. The lowest BCUT2D eigenvalue weighted by Gasteiger charge is -2.32. The summed E-state index contributed by atoms with van der Waals surface area (Å²) in [6, 6.07) is 0. The molecule has 0 aromatic rings. The molecule has 0 unspecified atom stereocenters. The lowest BCUT2D eigenvalue weighted by Crippen LogP contribution is -2.48. The van der Waals surface area contributed by atoms with Gasteiger partial charge in [-0.2, -0.15) is 0 Å². The van der Waals surface area contributed by atoms with Crippen molar-refractivity contribution >= 4 is 5.91 Å². The van der Waals surface area contributed by atoms with E-state index in [1.165, 1.54) is 12.8 Å². The summed E-state index contributed by atoms with van der Waals surface area (Å²) in [6.07, 6.45) is 7.77. The van der Waals surface area contributed by atoms with Crippen LogP contribution in [0.3, 0.4) is 0 Å². The first-order chi connectivity index (χ1) is 8.46. The summed E-state index contributed by atoms with van der Waals surface area (Å²) in [6.45, 7) is 7.79. The summed E-state index contributed by atoms with van der Waals surface area (Å²) in [5, 5.41) is 3.14. The maximum Gasteiger partial charge on any atom is 0.227 e. The molecule has 3 nitrogen and oxygen atoms in total. The van der Waals surface area contributed by atoms with Gasteiger partial charge in [0, 0.05) is 13.1 Å². The predicted octanol–water partition coefficient (Wildman–Crippen LogP) is 2.84. The molecule has 1 rings (SSSR count). The fourth-order valence-corrected chi connectivity index (χ4v) is 2.56. The van der Waals surface area contributed by atoms with E-state index < -0.39 is 0 Å². The van der Waals surface area contributed by atoms with E-state index in [2.05, 4.69) is 26.1 Å². The van der Waals surface area contributed by atoms with Crippen molar-refractivity contribution in [3.05, 3.63) is 0 Å². The molecular formula is C15H30N2O. The molecule has 1 amide bonds. The van der Waals surface area contributed by atoms with Crippen LogP contribution < -0.4 is 11.1 Å². The number of hydrogen-bond acceptors (Lipinski definition) is 2. The minimum atomic E-state index is -0.291. The predicted molar refractivity (Wildman–Crippen MR) is 76.3 cm³/mol. The van der Waals surface area contributed by atoms with Gasteiger partial charge in [-0.25, -0.2) is 0 Å². The van der Waals surface area contributed by atoms with Crippen molar-refractivity contribution in [1.82, 2.24) is 5.32 Å². The second-order valence-electron chi connectivity index (χ2n) is 6.60. The first kappa shape index (κ1) is 15.5. The lowest BCUT2D eigenvalue weighted by atomic mass is 9.79. The van der Waals surface area contributed by atoms with Crippen LogP contribution in [0.2, 0.25) is 0 Å². The van der Waals surface area contributed by atoms with Crippen LogP contribution >= 0.6 is 0 Å². The van der Waals surface area contributed by atoms with E-state index >= 15 is 0 Å². The van der Waals surface area contributed by atoms with E-state index in [0.717, 1.165) is 38.6 Å². The molecule has 1 aliphatic carbocycles. The molecule has 3 N–H and O–H groups in total. The Morgan fingerprint density at radius 3 is 2.22 bits per heavy atom. The largest absolute Gasteiger partial charge is 0.355 e. The van der Waals surface area contributed by atoms with Gasteiger partial charge in [-0.1, -0.05) is 46.5 Å². The van der Waals surface area contributed by atoms with Crippen LogP contribution in [0.25, 0.3) is 0 Å². The smallest absolute Gasteiger partial charge is 0.227 e. The number of carbonyl (C=O) groups excluding carboxylic acids is 1. The van der Waals surface area contributed by atoms with Crippen molar-refractivity contribution in [2.24, 2.45) is 16.6 Å². The highest BCUT2D eigenvalue weighted by molar-refractivity contribution is 5.83. The monoisotopic (exact) mass is 254 g/mol. The van der Waals surface area contributed by atoms with Gasteiger partial charge in [0.2, 0.25) is 5.91 Å². The third-order valence-electron chi connectivity index (χ3n) is 4.62. The Morgan fingerprint density at radius 1 is 1.22 bits per heavy atom. The topological polar surface area (TPSA) is 55.1 Å². The van der Waals surface area contributed by atoms with Crippen LogP contribution in [0, 0.1) is 10.8 Å². The molecule has 1 saturated carbocycles. The zero-order chi connectivity index (χ0) is 13.6. The van der Waals surface area contributed by atoms with Gasteiger partial charge in [-0.15, -0.1) is 0 Å². The molecular weight excluding hydrogens is 224 g/mol. The minimum Gasteiger partial charge on any atom is -0.355 e. The summed E-state index contributed by atoms with van der Waals surface area (Å²) in [5.41, 5.74) is 5.81. The van der Waals surface area contributed by atoms with E-state index in [0.29, 0.717) is 6.54 Å². The van der Waals surface area contributed by atoms with E-state index in [4.69, 9.17) is 5.73 Å². The van der Waals surface area contributed by atoms with Gasteiger partial charge < -0.3 is 11.1 Å². The average Bonchev–Trinajstić information content (AvgIpc) is 2.62. The van der Waals surface area contributed by atoms with Crippen LogP contribution in [-0.2, 0) is 4.79 Å². The number of amides is 1. The van der Waals surface area contributed by atoms with Gasteiger partial charge in [-0.3, -0.25) is 4.79 Å². The summed E-state index contributed by atoms with van der Waals surface area (Å²) in [4.78, 5) is 12.5. The van der Waals surface area contributed by atoms with E-state index in [9.17, 15) is 4.79 Å². The highest BCUT2D eigenvalue weighted by atomic mass is 16.2. The van der Waals surface area contributed by atoms with Gasteiger partial charge in [0.15, 0.2) is 0 Å². The number of rotatable bonds is 5. The van der Waals surface area contributed by atoms with Gasteiger partial charge in [0.1, 0.15) is 0 Å². The third kappa shape index (κ3) is 3.98. The van der Waals surface area contributed by atoms with E-state index in [1.807, 2.05) is 0 Å². The van der Waals surface area contributed by atoms with Crippen LogP contribution in [0.4, 0.5) is 0 Å². The summed E-state index contributed by atoms with van der Waals surface area (Å²) >= 11 is 0. The molecule has 0 heterocycles. The highest BCUT2D eigenvalue weighted by Gasteiger charge is 2.37. The summed E-state index contributed by atoms with van der Waals surface area (Å²) in [7, 11) is 0. The van der Waals surface area contributed by atoms with Gasteiger partial charge in [0.05, 0.1) is 5.41 Å². The molecule has 3 heteroatoms. The minimum absolute atomic E-state index is 0.177. The number of nitrogens with one attached hydrogen (secondary N) is 1. The Labute approximate surface area is 112 Å². The molecule has 0 aliphatic heterocycles. The molecule has 0 atom stereocenters. The maximum absolute atomic E-state index is 12.5. The molecule has 106 valence electrons. The van der Waals surface area contributed by atoms with Crippen molar-refractivity contribution in [2.45, 2.75) is 65.7 Å². The summed E-state index contributed by atoms with van der Waals surface area (Å²) < 4.78 is 0. The van der Waals surface area contributed by atoms with Crippen LogP contribution in [0.5, 0.6) is 0 Å². The quantitative estimate of drug-likeness (QED) is 0.741. The average molecular weight is 254 g/mol. The molecule has 0 aromatic heterocycles. The molecule has 1 fully saturated rings. The lowest BCUT2D eigenvalue weighted by molar-refractivity contribution is -0.131. The van der Waals surface area contributed by atoms with Crippen molar-refractivity contribution in [2.75, 3.05) is 13.1 Å². The highest BCUT2D eigenvalue weighted by Crippen LogP contribution is 2.34. The first-order valence-corrected chi connectivity index (χ1v) is 7.44. The fourth-order valence-electron chi connectivity index (χ4n) is 2.56. The van der Waals surface area contributed by atoms with E-state index in [-0.39, 0.29) is 16.7 Å². The number of nitrogens with two attached hydrogens (primary N) is 1. The second-order valence-corrected chi connectivity index (χ2v) is 6.60. The number of carbonyl (C=O) groups is 1. The summed E-state index contributed by atoms with van der Waals surface area (Å²) in [5.74, 6) is 0.188. The number of hydrogen-bond donors (Lipinski definition) is 2. The Hall–Kier alpha value is -0.570. The molecule has 0 bridgehead atoms. The molecule has 0 spiro atoms. The van der Waals surface area contributed by atoms with Gasteiger partial charge in [0.25, 0.3) is 0 Å². The first-order valence-electron chi connectivity index (χ1n) is 7.44. The van der Waals surface area contributed by atoms with Crippen LogP contribution in [-0.4, -0.2) is 19.0 Å². The molecule has 18 heavy (non-hydrogen) atoms. The van der Waals surface area contributed by atoms with Crippen molar-refractivity contribution < 1.29 is 4.79 Å². The Kier molecular flexibility index (Phi) is 5.64. The SMILES string of the molecule is CCC(C)(C)CNC(=O)C1(CN)CCCCCC1. The Morgan fingerprint density at radius 2 is 1.78 bits per heavy atom. The van der Waals surface area contributed by atoms with Crippen molar-refractivity contribution in [1.29, 1.82) is 0 Å². The Balaban J connectivity index is 2.61. The third-order valence-corrected chi connectivity index (χ3v) is 4.62. The van der Waals surface area contributed by atoms with Gasteiger partial charge >= 0.3 is 0 Å². The van der Waals surface area contributed by atoms with Crippen LogP contribution in [0.15, 0.2) is 0 Å². The molecule has 0 aromatic carbocycles. The van der Waals surface area contributed by atoms with Gasteiger partial charge in [-0.05, 0) is 24.7 Å². The van der Waals surface area contributed by atoms with Crippen LogP contribution in [0.1, 0.15) is 65.7 Å². The Bertz CT molecular complexity index is 266. The maximum atomic E-state index is 12.5. The van der Waals surface area contributed by atoms with Crippen molar-refractivity contribution in [3.63, 3.8) is 0 Å². The standard InChI is InChI=1S/C15H30N2O/c1-4-14(2,3)12-17-13(18)15(11-16)9-7-5-6-8-10-15/h4-12,16H2,1-3H3,(H,17,18). The normalized spacial score (nSPS) is 20.2. The molecule has 0 radical (unpaired) electrons. The zero-order valence-electron chi connectivity index (χ0n) is 12.3. The molecule has 1 aliphatic rings. The molecule has 0 saturated heterocycles. The van der Waals surface area contributed by atoms with Crippen molar-refractivity contribution in [3.8, 4) is 0 Å².